The van der Waals surface area contributed by atoms with E-state index in [0.29, 0.717) is 11.3 Å². The Balaban J connectivity index is 2.03. The Morgan fingerprint density at radius 3 is 2.23 bits per heavy atom. The van der Waals surface area contributed by atoms with Crippen LogP contribution >= 0.6 is 0 Å². The summed E-state index contributed by atoms with van der Waals surface area (Å²) in [6, 6.07) is 21.9. The van der Waals surface area contributed by atoms with Crippen LogP contribution in [0.5, 0.6) is 0 Å². The molecule has 0 radical (unpaired) electrons. The first-order valence-electron chi connectivity index (χ1n) is 13.4. The number of aliphatic hydroxyl groups is 1. The molecule has 0 aromatic heterocycles. The highest BCUT2D eigenvalue weighted by atomic mass is 16.6. The van der Waals surface area contributed by atoms with E-state index in [-0.39, 0.29) is 19.6 Å². The van der Waals surface area contributed by atoms with Gasteiger partial charge in [-0.15, -0.1) is 0 Å². The smallest absolute Gasteiger partial charge is 0.408 e. The molecule has 8 heteroatoms. The Morgan fingerprint density at radius 2 is 1.60 bits per heavy atom. The number of anilines is 1. The Hall–Kier alpha value is -4.17. The predicted molar refractivity (Wildman–Crippen MR) is 156 cm³/mol. The number of benzene rings is 3. The first kappa shape index (κ1) is 30.4. The largest absolute Gasteiger partial charge is 0.444 e. The quantitative estimate of drug-likeness (QED) is 0.335. The van der Waals surface area contributed by atoms with Crippen LogP contribution in [-0.4, -0.2) is 52.7 Å². The number of para-hydroxylation sites is 1. The lowest BCUT2D eigenvalue weighted by Gasteiger charge is -2.34. The number of aliphatic hydroxyl groups excluding tert-OH is 1. The number of rotatable bonds is 10. The zero-order valence-corrected chi connectivity index (χ0v) is 23.8. The zero-order valence-electron chi connectivity index (χ0n) is 23.8. The predicted octanol–water partition coefficient (Wildman–Crippen LogP) is 4.94. The number of nitrogens with one attached hydrogen (secondary N) is 2. The van der Waals surface area contributed by atoms with Gasteiger partial charge in [0.1, 0.15) is 17.7 Å². The second-order valence-electron chi connectivity index (χ2n) is 10.8. The van der Waals surface area contributed by atoms with E-state index < -0.39 is 35.6 Å². The second kappa shape index (κ2) is 13.8. The molecule has 0 aliphatic rings. The van der Waals surface area contributed by atoms with E-state index in [9.17, 15) is 19.5 Å². The molecule has 0 fully saturated rings. The number of aryl methyl sites for hydroxylation is 2. The molecule has 3 aromatic rings. The Bertz CT molecular complexity index is 1300. The van der Waals surface area contributed by atoms with Crippen molar-refractivity contribution < 1.29 is 24.2 Å². The molecule has 0 saturated carbocycles. The summed E-state index contributed by atoms with van der Waals surface area (Å²) in [7, 11) is 0. The summed E-state index contributed by atoms with van der Waals surface area (Å²) in [4.78, 5) is 42.3. The molecule has 0 saturated heterocycles. The summed E-state index contributed by atoms with van der Waals surface area (Å²) in [5.41, 5.74) is 3.03. The van der Waals surface area contributed by atoms with Crippen molar-refractivity contribution in [3.05, 3.63) is 101 Å². The molecule has 212 valence electrons. The van der Waals surface area contributed by atoms with E-state index in [1.54, 1.807) is 32.9 Å². The monoisotopic (exact) mass is 545 g/mol. The van der Waals surface area contributed by atoms with Gasteiger partial charge in [0.05, 0.1) is 6.61 Å². The highest BCUT2D eigenvalue weighted by Gasteiger charge is 2.36. The Labute approximate surface area is 236 Å². The van der Waals surface area contributed by atoms with Crippen LogP contribution in [0.3, 0.4) is 0 Å². The van der Waals surface area contributed by atoms with Crippen molar-refractivity contribution in [3.8, 4) is 0 Å². The molecule has 8 nitrogen and oxygen atoms in total. The summed E-state index contributed by atoms with van der Waals surface area (Å²) in [6.45, 7) is 8.50. The first-order valence-corrected chi connectivity index (χ1v) is 13.4. The van der Waals surface area contributed by atoms with Gasteiger partial charge in [-0.25, -0.2) is 4.79 Å². The SMILES string of the molecule is Cc1cccc(C(C(=O)Nc2ccccc2C)N(CCO)C(=O)C(Cc2ccccc2)NC(=O)OC(C)(C)C)c1. The van der Waals surface area contributed by atoms with Crippen LogP contribution in [0.2, 0.25) is 0 Å². The van der Waals surface area contributed by atoms with E-state index in [4.69, 9.17) is 4.74 Å². The first-order chi connectivity index (χ1) is 19.0. The van der Waals surface area contributed by atoms with Gasteiger partial charge in [0.2, 0.25) is 5.91 Å². The van der Waals surface area contributed by atoms with E-state index in [1.807, 2.05) is 80.6 Å². The summed E-state index contributed by atoms with van der Waals surface area (Å²) in [5.74, 6) is -0.951. The molecule has 2 unspecified atom stereocenters. The van der Waals surface area contributed by atoms with E-state index in [1.165, 1.54) is 4.90 Å². The normalized spacial score (nSPS) is 12.7. The van der Waals surface area contributed by atoms with Gasteiger partial charge in [0.15, 0.2) is 0 Å². The van der Waals surface area contributed by atoms with Crippen molar-refractivity contribution in [2.45, 2.75) is 58.7 Å². The Kier molecular flexibility index (Phi) is 10.4. The van der Waals surface area contributed by atoms with Gasteiger partial charge in [0, 0.05) is 18.7 Å². The molecule has 3 N–H and O–H groups in total. The molecule has 3 rings (SSSR count). The molecule has 0 aliphatic carbocycles. The van der Waals surface area contributed by atoms with Gasteiger partial charge >= 0.3 is 6.09 Å². The standard InChI is InChI=1S/C32H39N3O5/c1-22-12-11-16-25(20-22)28(29(37)33-26-17-10-9-13-23(26)2)35(18-19-36)30(38)27(21-24-14-7-6-8-15-24)34-31(39)40-32(3,4)5/h6-17,20,27-28,36H,18-19,21H2,1-5H3,(H,33,37)(H,34,39). The maximum absolute atomic E-state index is 14.2. The van der Waals surface area contributed by atoms with E-state index in [2.05, 4.69) is 10.6 Å². The lowest BCUT2D eigenvalue weighted by atomic mass is 9.99. The van der Waals surface area contributed by atoms with Crippen LogP contribution in [0.4, 0.5) is 10.5 Å². The highest BCUT2D eigenvalue weighted by Crippen LogP contribution is 2.26. The lowest BCUT2D eigenvalue weighted by Crippen LogP contribution is -2.53. The van der Waals surface area contributed by atoms with Crippen molar-refractivity contribution in [3.63, 3.8) is 0 Å². The van der Waals surface area contributed by atoms with Crippen molar-refractivity contribution >= 4 is 23.6 Å². The molecular weight excluding hydrogens is 506 g/mol. The number of ether oxygens (including phenoxy) is 1. The number of nitrogens with zero attached hydrogens (tertiary/aromatic N) is 1. The fraction of sp³-hybridized carbons (Fsp3) is 0.344. The second-order valence-corrected chi connectivity index (χ2v) is 10.8. The number of alkyl carbamates (subject to hydrolysis) is 1. The summed E-state index contributed by atoms with van der Waals surface area (Å²) in [5, 5.41) is 15.7. The van der Waals surface area contributed by atoms with Crippen LogP contribution in [0.15, 0.2) is 78.9 Å². The maximum atomic E-state index is 14.2. The number of amides is 3. The van der Waals surface area contributed by atoms with Crippen LogP contribution in [0, 0.1) is 13.8 Å². The highest BCUT2D eigenvalue weighted by molar-refractivity contribution is 5.99. The molecule has 3 aromatic carbocycles. The molecule has 0 heterocycles. The molecule has 3 amide bonds. The van der Waals surface area contributed by atoms with E-state index >= 15 is 0 Å². The number of carbonyl (C=O) groups is 3. The van der Waals surface area contributed by atoms with Crippen LogP contribution in [0.1, 0.15) is 49.1 Å². The van der Waals surface area contributed by atoms with Gasteiger partial charge in [-0.1, -0.05) is 78.4 Å². The third-order valence-electron chi connectivity index (χ3n) is 6.22. The molecular formula is C32H39N3O5. The maximum Gasteiger partial charge on any atom is 0.408 e. The number of hydrogen-bond acceptors (Lipinski definition) is 5. The van der Waals surface area contributed by atoms with Gasteiger partial charge in [-0.3, -0.25) is 9.59 Å². The molecule has 0 spiro atoms. The van der Waals surface area contributed by atoms with Gasteiger partial charge in [-0.2, -0.15) is 0 Å². The van der Waals surface area contributed by atoms with Crippen molar-refractivity contribution in [2.24, 2.45) is 0 Å². The van der Waals surface area contributed by atoms with Crippen molar-refractivity contribution in [2.75, 3.05) is 18.5 Å². The topological polar surface area (TPSA) is 108 Å². The van der Waals surface area contributed by atoms with Gasteiger partial charge < -0.3 is 25.4 Å². The summed E-state index contributed by atoms with van der Waals surface area (Å²) >= 11 is 0. The fourth-order valence-corrected chi connectivity index (χ4v) is 4.40. The summed E-state index contributed by atoms with van der Waals surface area (Å²) in [6.07, 6.45) is -0.581. The molecule has 0 aliphatic heterocycles. The molecule has 40 heavy (non-hydrogen) atoms. The Morgan fingerprint density at radius 1 is 0.925 bits per heavy atom. The third kappa shape index (κ3) is 8.68. The summed E-state index contributed by atoms with van der Waals surface area (Å²) < 4.78 is 5.45. The molecule has 0 bridgehead atoms. The van der Waals surface area contributed by atoms with Crippen molar-refractivity contribution in [1.29, 1.82) is 0 Å². The van der Waals surface area contributed by atoms with Crippen LogP contribution in [0.25, 0.3) is 0 Å². The number of hydrogen-bond donors (Lipinski definition) is 3. The minimum Gasteiger partial charge on any atom is -0.444 e. The minimum absolute atomic E-state index is 0.125. The average molecular weight is 546 g/mol. The van der Waals surface area contributed by atoms with Crippen LogP contribution in [-0.2, 0) is 20.7 Å². The van der Waals surface area contributed by atoms with Gasteiger partial charge in [-0.05, 0) is 57.4 Å². The van der Waals surface area contributed by atoms with Crippen LogP contribution < -0.4 is 10.6 Å². The lowest BCUT2D eigenvalue weighted by molar-refractivity contribution is -0.141. The zero-order chi connectivity index (χ0) is 29.3. The average Bonchev–Trinajstić information content (AvgIpc) is 2.88. The minimum atomic E-state index is -1.07. The van der Waals surface area contributed by atoms with Gasteiger partial charge in [0.25, 0.3) is 5.91 Å². The number of carbonyl (C=O) groups excluding carboxylic acids is 3. The molecule has 2 atom stereocenters. The van der Waals surface area contributed by atoms with E-state index in [0.717, 1.165) is 16.7 Å². The van der Waals surface area contributed by atoms with Crippen molar-refractivity contribution in [1.82, 2.24) is 10.2 Å². The third-order valence-corrected chi connectivity index (χ3v) is 6.22. The fourth-order valence-electron chi connectivity index (χ4n) is 4.40.